The zero-order valence-corrected chi connectivity index (χ0v) is 16.0. The fourth-order valence-electron chi connectivity index (χ4n) is 2.42. The fraction of sp³-hybridized carbons (Fsp3) is 0.474. The molecule has 0 aliphatic carbocycles. The first-order chi connectivity index (χ1) is 11.3. The minimum absolute atomic E-state index is 0.621. The predicted octanol–water partition coefficient (Wildman–Crippen LogP) is 6.62. The number of hydrogen-bond donors (Lipinski definition) is 0. The largest absolute Gasteiger partial charge is 0.493 e. The molecule has 0 saturated heterocycles. The maximum absolute atomic E-state index is 6.44. The van der Waals surface area contributed by atoms with E-state index >= 15 is 0 Å². The van der Waals surface area contributed by atoms with Crippen molar-refractivity contribution >= 4 is 38.3 Å². The summed E-state index contributed by atoms with van der Waals surface area (Å²) in [6.07, 6.45) is 5.51. The minimum atomic E-state index is 0.621. The van der Waals surface area contributed by atoms with Gasteiger partial charge in [0.2, 0.25) is 0 Å². The highest BCUT2D eigenvalue weighted by molar-refractivity contribution is 9.09. The van der Waals surface area contributed by atoms with Crippen molar-refractivity contribution in [1.82, 2.24) is 0 Å². The summed E-state index contributed by atoms with van der Waals surface area (Å²) in [6.45, 7) is 3.55. The van der Waals surface area contributed by atoms with E-state index in [1.54, 1.807) is 0 Å². The lowest BCUT2D eigenvalue weighted by Crippen LogP contribution is -2.01. The Balaban J connectivity index is 2.17. The van der Waals surface area contributed by atoms with Crippen molar-refractivity contribution in [3.05, 3.63) is 35.4 Å². The van der Waals surface area contributed by atoms with Gasteiger partial charge in [-0.1, -0.05) is 65.1 Å². The highest BCUT2D eigenvalue weighted by Gasteiger charge is 2.13. The molecule has 0 radical (unpaired) electrons. The number of rotatable bonds is 10. The number of fused-ring (bicyclic) bond motifs is 1. The van der Waals surface area contributed by atoms with Gasteiger partial charge in [0.25, 0.3) is 0 Å². The molecule has 4 heteroatoms. The zero-order chi connectivity index (χ0) is 16.5. The summed E-state index contributed by atoms with van der Waals surface area (Å²) in [4.78, 5) is 0. The number of ether oxygens (including phenoxy) is 2. The van der Waals surface area contributed by atoms with Crippen LogP contribution in [0, 0.1) is 0 Å². The molecule has 2 nitrogen and oxygen atoms in total. The van der Waals surface area contributed by atoms with Gasteiger partial charge >= 0.3 is 0 Å². The van der Waals surface area contributed by atoms with Gasteiger partial charge in [-0.25, -0.2) is 0 Å². The quantitative estimate of drug-likeness (QED) is 0.330. The molecule has 0 unspecified atom stereocenters. The van der Waals surface area contributed by atoms with Gasteiger partial charge < -0.3 is 9.47 Å². The van der Waals surface area contributed by atoms with Crippen LogP contribution in [0.4, 0.5) is 0 Å². The molecule has 23 heavy (non-hydrogen) atoms. The normalized spacial score (nSPS) is 10.9. The van der Waals surface area contributed by atoms with Crippen LogP contribution in [0.3, 0.4) is 0 Å². The zero-order valence-electron chi connectivity index (χ0n) is 13.6. The second kappa shape index (κ2) is 10.0. The minimum Gasteiger partial charge on any atom is -0.493 e. The summed E-state index contributed by atoms with van der Waals surface area (Å²) in [5.41, 5.74) is 0. The van der Waals surface area contributed by atoms with Crippen LogP contribution in [0.15, 0.2) is 30.3 Å². The first-order valence-corrected chi connectivity index (χ1v) is 9.80. The highest BCUT2D eigenvalue weighted by Crippen LogP contribution is 2.39. The van der Waals surface area contributed by atoms with Crippen molar-refractivity contribution in [2.75, 3.05) is 18.5 Å². The first-order valence-electron chi connectivity index (χ1n) is 8.30. The second-order valence-corrected chi connectivity index (χ2v) is 6.73. The highest BCUT2D eigenvalue weighted by atomic mass is 79.9. The van der Waals surface area contributed by atoms with E-state index in [4.69, 9.17) is 21.1 Å². The second-order valence-electron chi connectivity index (χ2n) is 5.53. The summed E-state index contributed by atoms with van der Waals surface area (Å²) in [5.74, 6) is 1.61. The van der Waals surface area contributed by atoms with E-state index in [1.807, 2.05) is 24.3 Å². The van der Waals surface area contributed by atoms with E-state index in [0.717, 1.165) is 53.3 Å². The van der Waals surface area contributed by atoms with Crippen LogP contribution in [0.2, 0.25) is 5.02 Å². The van der Waals surface area contributed by atoms with Crippen LogP contribution in [0.25, 0.3) is 10.8 Å². The smallest absolute Gasteiger partial charge is 0.145 e. The van der Waals surface area contributed by atoms with Crippen molar-refractivity contribution in [3.8, 4) is 11.5 Å². The topological polar surface area (TPSA) is 18.5 Å². The van der Waals surface area contributed by atoms with Gasteiger partial charge in [0.05, 0.1) is 18.2 Å². The third-order valence-electron chi connectivity index (χ3n) is 3.69. The van der Waals surface area contributed by atoms with Gasteiger partial charge in [-0.2, -0.15) is 0 Å². The maximum atomic E-state index is 6.44. The molecule has 2 rings (SSSR count). The average molecular weight is 400 g/mol. The van der Waals surface area contributed by atoms with Gasteiger partial charge in [0, 0.05) is 22.2 Å². The van der Waals surface area contributed by atoms with Gasteiger partial charge in [0.1, 0.15) is 11.5 Å². The van der Waals surface area contributed by atoms with Crippen LogP contribution in [-0.2, 0) is 0 Å². The molecule has 0 aliphatic rings. The molecule has 0 atom stereocenters. The van der Waals surface area contributed by atoms with Crippen molar-refractivity contribution in [3.63, 3.8) is 0 Å². The summed E-state index contributed by atoms with van der Waals surface area (Å²) >= 11 is 9.89. The molecular formula is C19H24BrClO2. The third kappa shape index (κ3) is 5.29. The van der Waals surface area contributed by atoms with Gasteiger partial charge in [0.15, 0.2) is 0 Å². The Hall–Kier alpha value is -0.930. The van der Waals surface area contributed by atoms with Crippen LogP contribution >= 0.6 is 27.5 Å². The molecule has 0 spiro atoms. The number of hydrogen-bond acceptors (Lipinski definition) is 2. The van der Waals surface area contributed by atoms with E-state index in [-0.39, 0.29) is 0 Å². The molecule has 0 aliphatic heterocycles. The lowest BCUT2D eigenvalue weighted by molar-refractivity contribution is 0.305. The van der Waals surface area contributed by atoms with Crippen molar-refractivity contribution in [2.24, 2.45) is 0 Å². The predicted molar refractivity (Wildman–Crippen MR) is 103 cm³/mol. The number of alkyl halides is 1. The maximum Gasteiger partial charge on any atom is 0.145 e. The number of halogens is 2. The van der Waals surface area contributed by atoms with Crippen molar-refractivity contribution in [2.45, 2.75) is 39.0 Å². The molecular weight excluding hydrogens is 376 g/mol. The van der Waals surface area contributed by atoms with Crippen LogP contribution < -0.4 is 9.47 Å². The van der Waals surface area contributed by atoms with E-state index in [2.05, 4.69) is 28.9 Å². The fourth-order valence-corrected chi connectivity index (χ4v) is 3.08. The molecule has 0 amide bonds. The molecule has 126 valence electrons. The monoisotopic (exact) mass is 398 g/mol. The average Bonchev–Trinajstić information content (AvgIpc) is 2.57. The Labute approximate surface area is 152 Å². The van der Waals surface area contributed by atoms with Crippen molar-refractivity contribution in [1.29, 1.82) is 0 Å². The summed E-state index contributed by atoms with van der Waals surface area (Å²) in [6, 6.07) is 10.0. The summed E-state index contributed by atoms with van der Waals surface area (Å²) < 4.78 is 11.9. The van der Waals surface area contributed by atoms with Crippen LogP contribution in [-0.4, -0.2) is 18.5 Å². The number of unbranched alkanes of at least 4 members (excludes halogenated alkanes) is 3. The lowest BCUT2D eigenvalue weighted by Gasteiger charge is -2.15. The molecule has 0 saturated carbocycles. The van der Waals surface area contributed by atoms with Gasteiger partial charge in [-0.3, -0.25) is 0 Å². The van der Waals surface area contributed by atoms with E-state index in [1.165, 1.54) is 6.42 Å². The third-order valence-corrected chi connectivity index (χ3v) is 4.53. The molecule has 2 aromatic rings. The van der Waals surface area contributed by atoms with Crippen molar-refractivity contribution < 1.29 is 9.47 Å². The molecule has 2 aromatic carbocycles. The molecule has 0 N–H and O–H groups in total. The number of benzene rings is 2. The SMILES string of the molecule is CCCCOc1c(Cl)cc(OCCCCCBr)c2ccccc12. The molecule has 0 bridgehead atoms. The van der Waals surface area contributed by atoms with Gasteiger partial charge in [-0.05, 0) is 25.7 Å². The van der Waals surface area contributed by atoms with E-state index < -0.39 is 0 Å². The molecule has 0 fully saturated rings. The molecule has 0 aromatic heterocycles. The Morgan fingerprint density at radius 1 is 0.957 bits per heavy atom. The summed E-state index contributed by atoms with van der Waals surface area (Å²) in [5, 5.41) is 3.75. The standard InChI is InChI=1S/C19H24BrClO2/c1-2-3-12-23-19-16-10-6-5-9-15(16)18(14-17(19)21)22-13-8-4-7-11-20/h5-6,9-10,14H,2-4,7-8,11-13H2,1H3. The first kappa shape index (κ1) is 18.4. The Kier molecular flexibility index (Phi) is 8.04. The van der Waals surface area contributed by atoms with Crippen LogP contribution in [0.1, 0.15) is 39.0 Å². The lowest BCUT2D eigenvalue weighted by atomic mass is 10.1. The van der Waals surface area contributed by atoms with E-state index in [9.17, 15) is 0 Å². The molecule has 0 heterocycles. The van der Waals surface area contributed by atoms with Gasteiger partial charge in [-0.15, -0.1) is 0 Å². The van der Waals surface area contributed by atoms with E-state index in [0.29, 0.717) is 18.2 Å². The Morgan fingerprint density at radius 2 is 1.70 bits per heavy atom. The Bertz CT molecular complexity index is 616. The summed E-state index contributed by atoms with van der Waals surface area (Å²) in [7, 11) is 0. The Morgan fingerprint density at radius 3 is 2.43 bits per heavy atom. The van der Waals surface area contributed by atoms with Crippen LogP contribution in [0.5, 0.6) is 11.5 Å².